The predicted octanol–water partition coefficient (Wildman–Crippen LogP) is 2.60. The van der Waals surface area contributed by atoms with Crippen molar-refractivity contribution in [2.45, 2.75) is 26.5 Å². The molecule has 0 aliphatic rings. The van der Waals surface area contributed by atoms with Crippen LogP contribution in [0.3, 0.4) is 0 Å². The van der Waals surface area contributed by atoms with Crippen molar-refractivity contribution in [1.29, 1.82) is 0 Å². The Morgan fingerprint density at radius 3 is 2.84 bits per heavy atom. The molecule has 0 spiro atoms. The number of nitrogens with zero attached hydrogens (tertiary/aromatic N) is 2. The number of aliphatic hydroxyl groups excluding tert-OH is 1. The maximum Gasteiger partial charge on any atom is 0.253 e. The van der Waals surface area contributed by atoms with Crippen molar-refractivity contribution in [2.24, 2.45) is 0 Å². The highest BCUT2D eigenvalue weighted by Crippen LogP contribution is 2.17. The van der Waals surface area contributed by atoms with Crippen LogP contribution in [-0.4, -0.2) is 27.1 Å². The molecule has 25 heavy (non-hydrogen) atoms. The summed E-state index contributed by atoms with van der Waals surface area (Å²) in [5.41, 5.74) is 3.39. The van der Waals surface area contributed by atoms with E-state index in [-0.39, 0.29) is 12.5 Å². The Morgan fingerprint density at radius 1 is 1.32 bits per heavy atom. The van der Waals surface area contributed by atoms with E-state index in [2.05, 4.69) is 14.9 Å². The second kappa shape index (κ2) is 7.36. The molecule has 3 aromatic rings. The number of furan rings is 1. The Hall–Kier alpha value is -2.86. The SMILES string of the molecule is Cc1cc(C(=O)NCC(O)c2ccco2)c(C)n1Cc1ccccn1. The number of carbonyl (C=O) groups excluding carboxylic acids is 1. The molecule has 0 radical (unpaired) electrons. The van der Waals surface area contributed by atoms with E-state index >= 15 is 0 Å². The van der Waals surface area contributed by atoms with Crippen LogP contribution in [0.2, 0.25) is 0 Å². The molecule has 6 heteroatoms. The summed E-state index contributed by atoms with van der Waals surface area (Å²) in [5, 5.41) is 12.8. The molecule has 130 valence electrons. The van der Waals surface area contributed by atoms with Gasteiger partial charge in [-0.25, -0.2) is 0 Å². The van der Waals surface area contributed by atoms with Crippen molar-refractivity contribution in [1.82, 2.24) is 14.9 Å². The van der Waals surface area contributed by atoms with E-state index in [1.807, 2.05) is 38.1 Å². The van der Waals surface area contributed by atoms with Crippen molar-refractivity contribution in [2.75, 3.05) is 6.54 Å². The molecule has 1 unspecified atom stereocenters. The first-order valence-electron chi connectivity index (χ1n) is 8.12. The zero-order valence-corrected chi connectivity index (χ0v) is 14.3. The second-order valence-electron chi connectivity index (χ2n) is 5.93. The van der Waals surface area contributed by atoms with Crippen LogP contribution in [0.5, 0.6) is 0 Å². The smallest absolute Gasteiger partial charge is 0.253 e. The molecule has 0 aliphatic carbocycles. The Bertz CT molecular complexity index is 838. The average molecular weight is 339 g/mol. The molecule has 0 aliphatic heterocycles. The number of rotatable bonds is 6. The number of nitrogens with one attached hydrogen (secondary N) is 1. The van der Waals surface area contributed by atoms with Crippen LogP contribution >= 0.6 is 0 Å². The third-order valence-electron chi connectivity index (χ3n) is 4.19. The summed E-state index contributed by atoms with van der Waals surface area (Å²) in [5.74, 6) is 0.215. The van der Waals surface area contributed by atoms with Gasteiger partial charge in [0.2, 0.25) is 0 Å². The second-order valence-corrected chi connectivity index (χ2v) is 5.93. The van der Waals surface area contributed by atoms with E-state index in [0.29, 0.717) is 17.9 Å². The number of hydrogen-bond donors (Lipinski definition) is 2. The summed E-state index contributed by atoms with van der Waals surface area (Å²) >= 11 is 0. The number of aromatic nitrogens is 2. The third-order valence-corrected chi connectivity index (χ3v) is 4.19. The molecule has 0 saturated carbocycles. The molecule has 1 amide bonds. The van der Waals surface area contributed by atoms with Gasteiger partial charge in [-0.1, -0.05) is 6.07 Å². The van der Waals surface area contributed by atoms with E-state index in [1.54, 1.807) is 18.3 Å². The van der Waals surface area contributed by atoms with Crippen LogP contribution in [0, 0.1) is 13.8 Å². The van der Waals surface area contributed by atoms with Gasteiger partial charge in [0.25, 0.3) is 5.91 Å². The molecule has 0 aromatic carbocycles. The summed E-state index contributed by atoms with van der Waals surface area (Å²) in [6.45, 7) is 4.58. The van der Waals surface area contributed by atoms with Crippen LogP contribution in [-0.2, 0) is 6.54 Å². The molecule has 3 heterocycles. The predicted molar refractivity (Wildman–Crippen MR) is 93.2 cm³/mol. The first-order chi connectivity index (χ1) is 12.1. The Kier molecular flexibility index (Phi) is 5.00. The molecule has 2 N–H and O–H groups in total. The summed E-state index contributed by atoms with van der Waals surface area (Å²) in [6.07, 6.45) is 2.38. The van der Waals surface area contributed by atoms with Gasteiger partial charge in [0, 0.05) is 17.6 Å². The number of carbonyl (C=O) groups is 1. The van der Waals surface area contributed by atoms with Crippen LogP contribution in [0.15, 0.2) is 53.3 Å². The lowest BCUT2D eigenvalue weighted by Gasteiger charge is -2.11. The highest BCUT2D eigenvalue weighted by Gasteiger charge is 2.18. The molecule has 0 saturated heterocycles. The fourth-order valence-corrected chi connectivity index (χ4v) is 2.79. The lowest BCUT2D eigenvalue weighted by atomic mass is 10.2. The van der Waals surface area contributed by atoms with Crippen molar-refractivity contribution in [3.63, 3.8) is 0 Å². The number of aliphatic hydroxyl groups is 1. The largest absolute Gasteiger partial charge is 0.467 e. The average Bonchev–Trinajstić information content (AvgIpc) is 3.25. The number of hydrogen-bond acceptors (Lipinski definition) is 4. The summed E-state index contributed by atoms with van der Waals surface area (Å²) in [6, 6.07) is 11.0. The summed E-state index contributed by atoms with van der Waals surface area (Å²) < 4.78 is 7.19. The monoisotopic (exact) mass is 339 g/mol. The lowest BCUT2D eigenvalue weighted by molar-refractivity contribution is 0.0900. The number of pyridine rings is 1. The summed E-state index contributed by atoms with van der Waals surface area (Å²) in [7, 11) is 0. The zero-order valence-electron chi connectivity index (χ0n) is 14.3. The molecule has 0 fully saturated rings. The fraction of sp³-hybridized carbons (Fsp3) is 0.263. The van der Waals surface area contributed by atoms with Gasteiger partial charge in [0.15, 0.2) is 0 Å². The van der Waals surface area contributed by atoms with Gasteiger partial charge in [-0.15, -0.1) is 0 Å². The zero-order chi connectivity index (χ0) is 17.8. The van der Waals surface area contributed by atoms with E-state index in [1.165, 1.54) is 6.26 Å². The van der Waals surface area contributed by atoms with Crippen LogP contribution < -0.4 is 5.32 Å². The molecular weight excluding hydrogens is 318 g/mol. The Morgan fingerprint density at radius 2 is 2.16 bits per heavy atom. The maximum absolute atomic E-state index is 12.5. The molecule has 3 rings (SSSR count). The quantitative estimate of drug-likeness (QED) is 0.723. The van der Waals surface area contributed by atoms with Gasteiger partial charge in [-0.3, -0.25) is 9.78 Å². The molecule has 3 aromatic heterocycles. The van der Waals surface area contributed by atoms with E-state index < -0.39 is 6.10 Å². The topological polar surface area (TPSA) is 80.3 Å². The van der Waals surface area contributed by atoms with E-state index in [9.17, 15) is 9.90 Å². The highest BCUT2D eigenvalue weighted by atomic mass is 16.4. The first kappa shape index (κ1) is 17.0. The van der Waals surface area contributed by atoms with Crippen molar-refractivity contribution < 1.29 is 14.3 Å². The standard InChI is InChI=1S/C19H21N3O3/c1-13-10-16(14(2)22(13)12-15-6-3-4-8-20-15)19(24)21-11-17(23)18-7-5-9-25-18/h3-10,17,23H,11-12H2,1-2H3,(H,21,24). The van der Waals surface area contributed by atoms with Crippen LogP contribution in [0.4, 0.5) is 0 Å². The van der Waals surface area contributed by atoms with Gasteiger partial charge in [0.1, 0.15) is 11.9 Å². The third kappa shape index (κ3) is 3.80. The summed E-state index contributed by atoms with van der Waals surface area (Å²) in [4.78, 5) is 16.8. The minimum atomic E-state index is -0.865. The fourth-order valence-electron chi connectivity index (χ4n) is 2.79. The minimum absolute atomic E-state index is 0.0935. The molecule has 6 nitrogen and oxygen atoms in total. The van der Waals surface area contributed by atoms with Gasteiger partial charge < -0.3 is 19.4 Å². The van der Waals surface area contributed by atoms with Crippen LogP contribution in [0.25, 0.3) is 0 Å². The van der Waals surface area contributed by atoms with Gasteiger partial charge in [-0.05, 0) is 44.2 Å². The minimum Gasteiger partial charge on any atom is -0.467 e. The molecule has 1 atom stereocenters. The maximum atomic E-state index is 12.5. The molecule has 0 bridgehead atoms. The number of aryl methyl sites for hydroxylation is 1. The Labute approximate surface area is 146 Å². The van der Waals surface area contributed by atoms with Gasteiger partial charge in [-0.2, -0.15) is 0 Å². The normalized spacial score (nSPS) is 12.1. The highest BCUT2D eigenvalue weighted by molar-refractivity contribution is 5.95. The van der Waals surface area contributed by atoms with Gasteiger partial charge >= 0.3 is 0 Å². The Balaban J connectivity index is 1.70. The van der Waals surface area contributed by atoms with Gasteiger partial charge in [0.05, 0.1) is 30.6 Å². The van der Waals surface area contributed by atoms with Crippen molar-refractivity contribution in [3.05, 3.63) is 77.3 Å². The molecular formula is C19H21N3O3. The van der Waals surface area contributed by atoms with E-state index in [0.717, 1.165) is 17.1 Å². The lowest BCUT2D eigenvalue weighted by Crippen LogP contribution is -2.28. The van der Waals surface area contributed by atoms with E-state index in [4.69, 9.17) is 4.42 Å². The first-order valence-corrected chi connectivity index (χ1v) is 8.12. The van der Waals surface area contributed by atoms with Crippen LogP contribution in [0.1, 0.15) is 39.3 Å². The van der Waals surface area contributed by atoms with Crippen molar-refractivity contribution >= 4 is 5.91 Å². The van der Waals surface area contributed by atoms with Crippen molar-refractivity contribution in [3.8, 4) is 0 Å². The number of amides is 1.